The topological polar surface area (TPSA) is 91.1 Å². The Hall–Kier alpha value is -3.12. The number of carbonyl (C=O) groups is 2. The van der Waals surface area contributed by atoms with E-state index in [0.717, 1.165) is 5.56 Å². The van der Waals surface area contributed by atoms with Crippen molar-refractivity contribution in [2.75, 3.05) is 6.54 Å². The first-order valence-corrected chi connectivity index (χ1v) is 8.32. The Bertz CT molecular complexity index is 1030. The Morgan fingerprint density at radius 3 is 2.65 bits per heavy atom. The standard InChI is InChI=1S/C19H16ClN3O3/c20-13-5-3-4-12(8-13)9-22-17(24)11-23-19(26)15-10-21-16-7-2-1-6-14(16)18(15)25/h1-8,10H,9,11H2,(H,21,25)(H,22,24)(H,23,26). The highest BCUT2D eigenvalue weighted by atomic mass is 35.5. The maximum Gasteiger partial charge on any atom is 0.257 e. The first-order valence-electron chi connectivity index (χ1n) is 7.94. The number of pyridine rings is 1. The Morgan fingerprint density at radius 1 is 1.04 bits per heavy atom. The van der Waals surface area contributed by atoms with Crippen molar-refractivity contribution in [3.63, 3.8) is 0 Å². The third-order valence-electron chi connectivity index (χ3n) is 3.82. The third-order valence-corrected chi connectivity index (χ3v) is 4.06. The second kappa shape index (κ2) is 7.84. The molecule has 0 unspecified atom stereocenters. The lowest BCUT2D eigenvalue weighted by Crippen LogP contribution is -2.38. The number of rotatable bonds is 5. The van der Waals surface area contributed by atoms with E-state index in [2.05, 4.69) is 15.6 Å². The minimum Gasteiger partial charge on any atom is -0.360 e. The molecular weight excluding hydrogens is 354 g/mol. The molecule has 0 saturated carbocycles. The fourth-order valence-corrected chi connectivity index (χ4v) is 2.71. The van der Waals surface area contributed by atoms with Gasteiger partial charge >= 0.3 is 0 Å². The molecule has 0 aliphatic heterocycles. The molecule has 7 heteroatoms. The van der Waals surface area contributed by atoms with Crippen LogP contribution in [0.2, 0.25) is 5.02 Å². The molecule has 6 nitrogen and oxygen atoms in total. The molecule has 1 aromatic heterocycles. The molecule has 0 bridgehead atoms. The van der Waals surface area contributed by atoms with Crippen LogP contribution in [0.15, 0.2) is 59.5 Å². The number of hydrogen-bond acceptors (Lipinski definition) is 3. The molecule has 0 aliphatic carbocycles. The molecule has 2 aromatic carbocycles. The number of hydrogen-bond donors (Lipinski definition) is 3. The van der Waals surface area contributed by atoms with E-state index in [0.29, 0.717) is 22.5 Å². The lowest BCUT2D eigenvalue weighted by atomic mass is 10.1. The lowest BCUT2D eigenvalue weighted by molar-refractivity contribution is -0.120. The number of carbonyl (C=O) groups excluding carboxylic acids is 2. The molecule has 0 fully saturated rings. The van der Waals surface area contributed by atoms with Crippen molar-refractivity contribution >= 4 is 34.3 Å². The second-order valence-corrected chi connectivity index (χ2v) is 6.10. The molecular formula is C19H16ClN3O3. The largest absolute Gasteiger partial charge is 0.360 e. The van der Waals surface area contributed by atoms with E-state index >= 15 is 0 Å². The van der Waals surface area contributed by atoms with E-state index in [9.17, 15) is 14.4 Å². The van der Waals surface area contributed by atoms with E-state index in [1.54, 1.807) is 42.5 Å². The normalized spacial score (nSPS) is 10.5. The van der Waals surface area contributed by atoms with Gasteiger partial charge in [0.2, 0.25) is 11.3 Å². The maximum atomic E-state index is 12.4. The summed E-state index contributed by atoms with van der Waals surface area (Å²) in [5.74, 6) is -0.967. The van der Waals surface area contributed by atoms with Crippen LogP contribution in [0.25, 0.3) is 10.9 Å². The molecule has 2 amide bonds. The molecule has 0 radical (unpaired) electrons. The maximum absolute atomic E-state index is 12.4. The van der Waals surface area contributed by atoms with Crippen LogP contribution in [0.5, 0.6) is 0 Å². The van der Waals surface area contributed by atoms with Crippen molar-refractivity contribution in [1.29, 1.82) is 0 Å². The van der Waals surface area contributed by atoms with Crippen LogP contribution in [0, 0.1) is 0 Å². The van der Waals surface area contributed by atoms with Gasteiger partial charge in [-0.25, -0.2) is 0 Å². The number of aromatic nitrogens is 1. The van der Waals surface area contributed by atoms with E-state index in [1.807, 2.05) is 6.07 Å². The first kappa shape index (κ1) is 17.7. The fourth-order valence-electron chi connectivity index (χ4n) is 2.50. The Labute approximate surface area is 154 Å². The summed E-state index contributed by atoms with van der Waals surface area (Å²) in [5, 5.41) is 6.14. The van der Waals surface area contributed by atoms with Gasteiger partial charge in [-0.05, 0) is 29.8 Å². The zero-order valence-electron chi connectivity index (χ0n) is 13.7. The molecule has 3 aromatic rings. The number of benzene rings is 2. The average molecular weight is 370 g/mol. The summed E-state index contributed by atoms with van der Waals surface area (Å²) in [6.07, 6.45) is 1.35. The molecule has 0 spiro atoms. The predicted octanol–water partition coefficient (Wildman–Crippen LogP) is 2.23. The molecule has 1 heterocycles. The zero-order chi connectivity index (χ0) is 18.5. The number of H-pyrrole nitrogens is 1. The van der Waals surface area contributed by atoms with Gasteiger partial charge in [0.15, 0.2) is 0 Å². The highest BCUT2D eigenvalue weighted by Gasteiger charge is 2.13. The Balaban J connectivity index is 1.59. The molecule has 26 heavy (non-hydrogen) atoms. The first-order chi connectivity index (χ1) is 12.5. The van der Waals surface area contributed by atoms with Gasteiger partial charge in [0.1, 0.15) is 5.56 Å². The Kier molecular flexibility index (Phi) is 5.34. The van der Waals surface area contributed by atoms with Gasteiger partial charge in [-0.1, -0.05) is 35.9 Å². The van der Waals surface area contributed by atoms with E-state index in [-0.39, 0.29) is 23.4 Å². The number of halogens is 1. The minimum absolute atomic E-state index is 0.0358. The summed E-state index contributed by atoms with van der Waals surface area (Å²) >= 11 is 5.88. The van der Waals surface area contributed by atoms with Gasteiger partial charge < -0.3 is 15.6 Å². The monoisotopic (exact) mass is 369 g/mol. The van der Waals surface area contributed by atoms with Crippen LogP contribution < -0.4 is 16.1 Å². The van der Waals surface area contributed by atoms with Crippen LogP contribution in [-0.4, -0.2) is 23.3 Å². The molecule has 3 N–H and O–H groups in total. The lowest BCUT2D eigenvalue weighted by Gasteiger charge is -2.08. The molecule has 0 atom stereocenters. The van der Waals surface area contributed by atoms with E-state index in [1.165, 1.54) is 6.20 Å². The number of para-hydroxylation sites is 1. The summed E-state index contributed by atoms with van der Waals surface area (Å²) in [7, 11) is 0. The number of fused-ring (bicyclic) bond motifs is 1. The van der Waals surface area contributed by atoms with Crippen molar-refractivity contribution in [3.05, 3.63) is 81.1 Å². The van der Waals surface area contributed by atoms with Crippen LogP contribution >= 0.6 is 11.6 Å². The van der Waals surface area contributed by atoms with Crippen LogP contribution in [0.1, 0.15) is 15.9 Å². The molecule has 3 rings (SSSR count). The summed E-state index contributed by atoms with van der Waals surface area (Å²) in [5.41, 5.74) is 1.08. The van der Waals surface area contributed by atoms with Gasteiger partial charge in [0.05, 0.1) is 6.54 Å². The van der Waals surface area contributed by atoms with Crippen molar-refractivity contribution < 1.29 is 9.59 Å². The second-order valence-electron chi connectivity index (χ2n) is 5.67. The van der Waals surface area contributed by atoms with E-state index < -0.39 is 5.91 Å². The number of amides is 2. The third kappa shape index (κ3) is 4.10. The summed E-state index contributed by atoms with van der Waals surface area (Å²) < 4.78 is 0. The van der Waals surface area contributed by atoms with Crippen molar-refractivity contribution in [1.82, 2.24) is 15.6 Å². The molecule has 132 valence electrons. The molecule has 0 saturated heterocycles. The van der Waals surface area contributed by atoms with Crippen LogP contribution in [-0.2, 0) is 11.3 Å². The van der Waals surface area contributed by atoms with Gasteiger partial charge in [-0.3, -0.25) is 14.4 Å². The number of aromatic amines is 1. The SMILES string of the molecule is O=C(CNC(=O)c1c[nH]c2ccccc2c1=O)NCc1cccc(Cl)c1. The Morgan fingerprint density at radius 2 is 1.85 bits per heavy atom. The van der Waals surface area contributed by atoms with Gasteiger partial charge in [-0.2, -0.15) is 0 Å². The predicted molar refractivity (Wildman–Crippen MR) is 100 cm³/mol. The van der Waals surface area contributed by atoms with Crippen molar-refractivity contribution in [2.45, 2.75) is 6.54 Å². The molecule has 0 aliphatic rings. The van der Waals surface area contributed by atoms with Gasteiger partial charge in [-0.15, -0.1) is 0 Å². The quantitative estimate of drug-likeness (QED) is 0.644. The van der Waals surface area contributed by atoms with Gasteiger partial charge in [0.25, 0.3) is 5.91 Å². The van der Waals surface area contributed by atoms with Crippen molar-refractivity contribution in [2.24, 2.45) is 0 Å². The summed E-state index contributed by atoms with van der Waals surface area (Å²) in [6, 6.07) is 14.0. The fraction of sp³-hybridized carbons (Fsp3) is 0.105. The van der Waals surface area contributed by atoms with Crippen LogP contribution in [0.3, 0.4) is 0 Å². The number of nitrogens with one attached hydrogen (secondary N) is 3. The van der Waals surface area contributed by atoms with Crippen LogP contribution in [0.4, 0.5) is 0 Å². The highest BCUT2D eigenvalue weighted by Crippen LogP contribution is 2.10. The minimum atomic E-state index is -0.602. The van der Waals surface area contributed by atoms with Gasteiger partial charge in [0, 0.05) is 28.7 Å². The summed E-state index contributed by atoms with van der Waals surface area (Å²) in [6.45, 7) is 0.0670. The zero-order valence-corrected chi connectivity index (χ0v) is 14.5. The smallest absolute Gasteiger partial charge is 0.257 e. The summed E-state index contributed by atoms with van der Waals surface area (Å²) in [4.78, 5) is 39.4. The van der Waals surface area contributed by atoms with Crippen molar-refractivity contribution in [3.8, 4) is 0 Å². The van der Waals surface area contributed by atoms with E-state index in [4.69, 9.17) is 11.6 Å². The highest BCUT2D eigenvalue weighted by molar-refractivity contribution is 6.30. The average Bonchev–Trinajstić information content (AvgIpc) is 2.65.